The fourth-order valence-electron chi connectivity index (χ4n) is 2.89. The molecule has 3 rings (SSSR count). The van der Waals surface area contributed by atoms with Crippen LogP contribution in [0.4, 0.5) is 0 Å². The van der Waals surface area contributed by atoms with E-state index in [-0.39, 0.29) is 17.9 Å². The number of nitrogens with one attached hydrogen (secondary N) is 1. The smallest absolute Gasteiger partial charge is 0.364 e. The molecule has 0 saturated carbocycles. The van der Waals surface area contributed by atoms with Gasteiger partial charge in [-0.25, -0.2) is 4.79 Å². The molecule has 120 valence electrons. The van der Waals surface area contributed by atoms with Crippen LogP contribution in [0, 0.1) is 0 Å². The molecule has 0 fully saturated rings. The summed E-state index contributed by atoms with van der Waals surface area (Å²) in [5, 5.41) is 5.39. The van der Waals surface area contributed by atoms with Gasteiger partial charge in [0.2, 0.25) is 0 Å². The predicted molar refractivity (Wildman–Crippen MR) is 92.7 cm³/mol. The van der Waals surface area contributed by atoms with E-state index in [0.29, 0.717) is 0 Å². The SMILES string of the molecule is COC(=O)[C@@H](C)[NH2+]C[C@@H](c1cccs1)c1c[nH]c2ccccc12. The number of fused-ring (bicyclic) bond motifs is 1. The quantitative estimate of drug-likeness (QED) is 0.683. The maximum atomic E-state index is 11.7. The molecule has 0 unspecified atom stereocenters. The highest BCUT2D eigenvalue weighted by Crippen LogP contribution is 2.32. The minimum atomic E-state index is -0.201. The van der Waals surface area contributed by atoms with Gasteiger partial charge in [-0.15, -0.1) is 11.3 Å². The number of carbonyl (C=O) groups is 1. The second-order valence-corrected chi connectivity index (χ2v) is 6.62. The molecule has 0 aliphatic rings. The van der Waals surface area contributed by atoms with Crippen molar-refractivity contribution in [1.82, 2.24) is 4.98 Å². The van der Waals surface area contributed by atoms with E-state index in [2.05, 4.69) is 52.2 Å². The molecular weight excluding hydrogens is 308 g/mol. The zero-order chi connectivity index (χ0) is 16.2. The predicted octanol–water partition coefficient (Wildman–Crippen LogP) is 2.49. The zero-order valence-electron chi connectivity index (χ0n) is 13.3. The van der Waals surface area contributed by atoms with Crippen LogP contribution < -0.4 is 5.32 Å². The fraction of sp³-hybridized carbons (Fsp3) is 0.278. The standard InChI is InChI=1S/C18H20N2O2S/c1-12(18(21)22-2)19-11-15(17-8-5-9-23-17)14-10-20-16-7-4-3-6-13(14)16/h3-10,12,15,19-20H,11H2,1-2H3/p+1/t12-,15-/m1/s1. The Balaban J connectivity index is 1.89. The van der Waals surface area contributed by atoms with Crippen molar-refractivity contribution in [2.45, 2.75) is 18.9 Å². The minimum absolute atomic E-state index is 0.186. The summed E-state index contributed by atoms with van der Waals surface area (Å²) in [4.78, 5) is 16.3. The number of carbonyl (C=O) groups excluding carboxylic acids is 1. The summed E-state index contributed by atoms with van der Waals surface area (Å²) in [5.74, 6) is 0.0621. The van der Waals surface area contributed by atoms with Gasteiger partial charge in [0.1, 0.15) is 0 Å². The first-order valence-corrected chi connectivity index (χ1v) is 8.59. The third kappa shape index (κ3) is 3.30. The first-order chi connectivity index (χ1) is 11.2. The number of hydrogen-bond donors (Lipinski definition) is 2. The molecule has 0 bridgehead atoms. The van der Waals surface area contributed by atoms with Gasteiger partial charge in [-0.05, 0) is 30.0 Å². The Morgan fingerprint density at radius 3 is 2.87 bits per heavy atom. The van der Waals surface area contributed by atoms with Crippen LogP contribution >= 0.6 is 11.3 Å². The van der Waals surface area contributed by atoms with Crippen molar-refractivity contribution in [2.24, 2.45) is 0 Å². The number of methoxy groups -OCH3 is 1. The lowest BCUT2D eigenvalue weighted by molar-refractivity contribution is -0.676. The highest BCUT2D eigenvalue weighted by molar-refractivity contribution is 7.10. The number of H-pyrrole nitrogens is 1. The average Bonchev–Trinajstić information content (AvgIpc) is 3.24. The second kappa shape index (κ2) is 6.98. The summed E-state index contributed by atoms with van der Waals surface area (Å²) in [6.07, 6.45) is 2.09. The fourth-order valence-corrected chi connectivity index (χ4v) is 3.75. The van der Waals surface area contributed by atoms with Crippen LogP contribution in [0.15, 0.2) is 48.0 Å². The maximum Gasteiger partial charge on any atom is 0.364 e. The number of benzene rings is 1. The normalized spacial score (nSPS) is 13.8. The van der Waals surface area contributed by atoms with Crippen molar-refractivity contribution in [1.29, 1.82) is 0 Å². The first kappa shape index (κ1) is 15.8. The number of nitrogens with two attached hydrogens (primary N) is 1. The third-order valence-electron chi connectivity index (χ3n) is 4.18. The summed E-state index contributed by atoms with van der Waals surface area (Å²) >= 11 is 1.75. The Labute approximate surface area is 139 Å². The largest absolute Gasteiger partial charge is 0.465 e. The van der Waals surface area contributed by atoms with E-state index in [1.54, 1.807) is 11.3 Å². The van der Waals surface area contributed by atoms with Crippen molar-refractivity contribution in [3.05, 3.63) is 58.4 Å². The summed E-state index contributed by atoms with van der Waals surface area (Å²) in [5.41, 5.74) is 2.42. The molecule has 0 saturated heterocycles. The molecule has 23 heavy (non-hydrogen) atoms. The summed E-state index contributed by atoms with van der Waals surface area (Å²) in [6.45, 7) is 2.69. The van der Waals surface area contributed by atoms with Gasteiger partial charge in [-0.2, -0.15) is 0 Å². The molecule has 0 spiro atoms. The van der Waals surface area contributed by atoms with Crippen LogP contribution in [-0.4, -0.2) is 30.6 Å². The van der Waals surface area contributed by atoms with E-state index in [0.717, 1.165) is 12.1 Å². The number of hydrogen-bond acceptors (Lipinski definition) is 3. The Morgan fingerprint density at radius 1 is 1.30 bits per heavy atom. The van der Waals surface area contributed by atoms with E-state index in [9.17, 15) is 4.79 Å². The second-order valence-electron chi connectivity index (χ2n) is 5.64. The molecule has 2 heterocycles. The Bertz CT molecular complexity index is 779. The van der Waals surface area contributed by atoms with Crippen LogP contribution in [0.5, 0.6) is 0 Å². The topological polar surface area (TPSA) is 58.7 Å². The molecule has 0 radical (unpaired) electrons. The number of aromatic amines is 1. The van der Waals surface area contributed by atoms with Gasteiger partial charge < -0.3 is 15.0 Å². The molecule has 1 aromatic carbocycles. The van der Waals surface area contributed by atoms with Crippen molar-refractivity contribution in [3.8, 4) is 0 Å². The molecular formula is C18H21N2O2S+. The minimum Gasteiger partial charge on any atom is -0.465 e. The molecule has 0 aliphatic heterocycles. The number of esters is 1. The number of aromatic nitrogens is 1. The third-order valence-corrected chi connectivity index (χ3v) is 5.17. The van der Waals surface area contributed by atoms with Crippen molar-refractivity contribution < 1.29 is 14.8 Å². The average molecular weight is 329 g/mol. The lowest BCUT2D eigenvalue weighted by atomic mass is 9.96. The van der Waals surface area contributed by atoms with Gasteiger partial charge in [0, 0.05) is 22.0 Å². The molecule has 3 aromatic rings. The molecule has 0 amide bonds. The lowest BCUT2D eigenvalue weighted by Crippen LogP contribution is -2.92. The first-order valence-electron chi connectivity index (χ1n) is 7.71. The summed E-state index contributed by atoms with van der Waals surface area (Å²) < 4.78 is 4.82. The number of ether oxygens (including phenoxy) is 1. The lowest BCUT2D eigenvalue weighted by Gasteiger charge is -2.16. The van der Waals surface area contributed by atoms with Crippen molar-refractivity contribution in [3.63, 3.8) is 0 Å². The number of thiophene rings is 1. The van der Waals surface area contributed by atoms with E-state index < -0.39 is 0 Å². The van der Waals surface area contributed by atoms with Crippen LogP contribution in [0.1, 0.15) is 23.3 Å². The molecule has 4 nitrogen and oxygen atoms in total. The van der Waals surface area contributed by atoms with E-state index >= 15 is 0 Å². The monoisotopic (exact) mass is 329 g/mol. The molecule has 0 aliphatic carbocycles. The highest BCUT2D eigenvalue weighted by atomic mass is 32.1. The number of para-hydroxylation sites is 1. The van der Waals surface area contributed by atoms with Crippen LogP contribution in [0.3, 0.4) is 0 Å². The molecule has 3 N–H and O–H groups in total. The van der Waals surface area contributed by atoms with E-state index in [4.69, 9.17) is 4.74 Å². The Kier molecular flexibility index (Phi) is 4.79. The number of rotatable bonds is 6. The van der Waals surface area contributed by atoms with Crippen LogP contribution in [-0.2, 0) is 9.53 Å². The van der Waals surface area contributed by atoms with Gasteiger partial charge >= 0.3 is 5.97 Å². The van der Waals surface area contributed by atoms with Crippen molar-refractivity contribution in [2.75, 3.05) is 13.7 Å². The Hall–Kier alpha value is -2.11. The van der Waals surface area contributed by atoms with Crippen molar-refractivity contribution >= 4 is 28.2 Å². The van der Waals surface area contributed by atoms with Crippen LogP contribution in [0.2, 0.25) is 0 Å². The molecule has 2 aromatic heterocycles. The van der Waals surface area contributed by atoms with Crippen LogP contribution in [0.25, 0.3) is 10.9 Å². The molecule has 2 atom stereocenters. The zero-order valence-corrected chi connectivity index (χ0v) is 14.1. The van der Waals surface area contributed by atoms with Gasteiger partial charge in [-0.1, -0.05) is 24.3 Å². The van der Waals surface area contributed by atoms with Gasteiger partial charge in [0.15, 0.2) is 6.04 Å². The highest BCUT2D eigenvalue weighted by Gasteiger charge is 2.24. The maximum absolute atomic E-state index is 11.7. The van der Waals surface area contributed by atoms with E-state index in [1.165, 1.54) is 22.9 Å². The van der Waals surface area contributed by atoms with Gasteiger partial charge in [0.05, 0.1) is 19.6 Å². The van der Waals surface area contributed by atoms with Gasteiger partial charge in [0.25, 0.3) is 0 Å². The molecule has 5 heteroatoms. The van der Waals surface area contributed by atoms with E-state index in [1.807, 2.05) is 13.0 Å². The summed E-state index contributed by atoms with van der Waals surface area (Å²) in [6, 6.07) is 12.4. The van der Waals surface area contributed by atoms with Gasteiger partial charge in [-0.3, -0.25) is 0 Å². The Morgan fingerprint density at radius 2 is 2.13 bits per heavy atom. The number of quaternary nitrogens is 1. The summed E-state index contributed by atoms with van der Waals surface area (Å²) in [7, 11) is 1.43.